The number of rotatable bonds is 2. The number of allylic oxidation sites excluding steroid dienone is 3. The smallest absolute Gasteiger partial charge is 0.259 e. The van der Waals surface area contributed by atoms with E-state index < -0.39 is 41.1 Å². The normalized spacial score (nSPS) is 46.2. The predicted octanol–water partition coefficient (Wildman–Crippen LogP) is 2.02. The Morgan fingerprint density at radius 1 is 1.07 bits per heavy atom. The summed E-state index contributed by atoms with van der Waals surface area (Å²) >= 11 is 7.06. The van der Waals surface area contributed by atoms with Crippen molar-refractivity contribution < 1.29 is 34.4 Å². The average molecular weight is 577 g/mol. The molecule has 2 heterocycles. The molecule has 0 radical (unpaired) electrons. The van der Waals surface area contributed by atoms with Gasteiger partial charge in [0.05, 0.1) is 23.7 Å². The minimum Gasteiger partial charge on any atom is -0.507 e. The summed E-state index contributed by atoms with van der Waals surface area (Å²) in [5.41, 5.74) is -0.370. The van der Waals surface area contributed by atoms with E-state index in [0.29, 0.717) is 18.3 Å². The van der Waals surface area contributed by atoms with E-state index in [1.54, 1.807) is 7.11 Å². The zero-order valence-electron chi connectivity index (χ0n) is 23.2. The number of Topliss-reactive ketones (excluding diaryl/α,β-unsaturated/α-hetero) is 1. The molecule has 0 spiro atoms. The number of fused-ring (bicyclic) bond motifs is 7. The molecule has 1 saturated heterocycles. The highest BCUT2D eigenvalue weighted by Gasteiger charge is 2.61. The molecular weight excluding hydrogens is 536 g/mol. The van der Waals surface area contributed by atoms with E-state index in [4.69, 9.17) is 16.3 Å². The van der Waals surface area contributed by atoms with Gasteiger partial charge in [0, 0.05) is 13.7 Å². The standard InChI is InChI=1S/C30H41ClN2O7/c1-13-11-17-18-12-15-7-8-19(34)25-29(38)27(33-30(25)39)20(35)9-10-32-21(36)6-4-5-16(15)23(18)28(37)26(31)24(17)22(13)14(2)40-3/h4,6-8,13-18,20,22-24,26-28,34-35,37H,5,9-12H2,1-3H3,(H,32,36)(H,33,39)/b6-4-,8-7+,25-19?/t13-,14?,15-,16+,17-,18?,20+,22+,23?,24-,26+,27+,28-/m1/s1. The van der Waals surface area contributed by atoms with Crippen LogP contribution in [-0.2, 0) is 19.1 Å². The fraction of sp³-hybridized carbons (Fsp3) is 0.700. The number of aliphatic hydroxyl groups is 3. The average Bonchev–Trinajstić information content (AvgIpc) is 3.55. The van der Waals surface area contributed by atoms with Crippen LogP contribution in [0.1, 0.15) is 39.5 Å². The first-order chi connectivity index (χ1) is 19.0. The Morgan fingerprint density at radius 2 is 1.80 bits per heavy atom. The first-order valence-electron chi connectivity index (χ1n) is 14.5. The van der Waals surface area contributed by atoms with E-state index in [1.807, 2.05) is 12.2 Å². The number of hydrogen-bond donors (Lipinski definition) is 5. The Balaban J connectivity index is 1.50. The number of carbonyl (C=O) groups excluding carboxylic acids is 3. The molecule has 40 heavy (non-hydrogen) atoms. The van der Waals surface area contributed by atoms with Gasteiger partial charge in [0.25, 0.3) is 5.91 Å². The summed E-state index contributed by atoms with van der Waals surface area (Å²) in [4.78, 5) is 37.9. The zero-order chi connectivity index (χ0) is 28.9. The van der Waals surface area contributed by atoms with Crippen LogP contribution in [0.25, 0.3) is 0 Å². The van der Waals surface area contributed by atoms with Crippen LogP contribution >= 0.6 is 11.6 Å². The third-order valence-electron chi connectivity index (χ3n) is 10.5. The highest BCUT2D eigenvalue weighted by atomic mass is 35.5. The maximum atomic E-state index is 12.9. The van der Waals surface area contributed by atoms with Crippen LogP contribution in [0.2, 0.25) is 0 Å². The first kappa shape index (κ1) is 29.3. The fourth-order valence-corrected chi connectivity index (χ4v) is 9.24. The Kier molecular flexibility index (Phi) is 8.49. The lowest BCUT2D eigenvalue weighted by atomic mass is 9.63. The van der Waals surface area contributed by atoms with Gasteiger partial charge in [0.2, 0.25) is 5.91 Å². The molecule has 3 aliphatic carbocycles. The van der Waals surface area contributed by atoms with Crippen molar-refractivity contribution in [1.29, 1.82) is 0 Å². The van der Waals surface area contributed by atoms with Crippen molar-refractivity contribution in [2.45, 2.75) is 69.3 Å². The van der Waals surface area contributed by atoms with E-state index in [2.05, 4.69) is 24.5 Å². The second-order valence-electron chi connectivity index (χ2n) is 12.4. The minimum atomic E-state index is -1.21. The second kappa shape index (κ2) is 11.6. The van der Waals surface area contributed by atoms with E-state index in [0.717, 1.165) is 12.8 Å². The van der Waals surface area contributed by atoms with Gasteiger partial charge in [0.1, 0.15) is 17.4 Å². The number of hydrogen-bond acceptors (Lipinski definition) is 7. The third kappa shape index (κ3) is 5.03. The van der Waals surface area contributed by atoms with Gasteiger partial charge in [-0.25, -0.2) is 0 Å². The summed E-state index contributed by atoms with van der Waals surface area (Å²) in [5.74, 6) is -1.12. The molecule has 0 aromatic carbocycles. The molecule has 0 aromatic heterocycles. The molecule has 9 nitrogen and oxygen atoms in total. The second-order valence-corrected chi connectivity index (χ2v) is 12.9. The molecule has 3 saturated carbocycles. The molecule has 13 atom stereocenters. The molecule has 220 valence electrons. The minimum absolute atomic E-state index is 0.0213. The zero-order valence-corrected chi connectivity index (χ0v) is 24.0. The van der Waals surface area contributed by atoms with Crippen molar-refractivity contribution in [1.82, 2.24) is 10.6 Å². The lowest BCUT2D eigenvalue weighted by molar-refractivity contribution is -0.118. The maximum Gasteiger partial charge on any atom is 0.259 e. The Bertz CT molecular complexity index is 1120. The molecule has 2 aliphatic heterocycles. The van der Waals surface area contributed by atoms with Crippen LogP contribution in [0, 0.1) is 47.3 Å². The van der Waals surface area contributed by atoms with Crippen LogP contribution in [0.15, 0.2) is 35.6 Å². The molecule has 10 heteroatoms. The lowest BCUT2D eigenvalue weighted by Gasteiger charge is -2.47. The summed E-state index contributed by atoms with van der Waals surface area (Å²) in [6.07, 6.45) is 6.94. The van der Waals surface area contributed by atoms with Gasteiger partial charge in [-0.15, -0.1) is 11.6 Å². The van der Waals surface area contributed by atoms with Crippen molar-refractivity contribution in [2.75, 3.05) is 13.7 Å². The summed E-state index contributed by atoms with van der Waals surface area (Å²) < 4.78 is 5.73. The summed E-state index contributed by atoms with van der Waals surface area (Å²) in [5, 5.41) is 37.6. The van der Waals surface area contributed by atoms with Crippen LogP contribution in [0.4, 0.5) is 0 Å². The number of nitrogens with one attached hydrogen (secondary N) is 2. The number of alkyl halides is 1. The maximum absolute atomic E-state index is 12.9. The summed E-state index contributed by atoms with van der Waals surface area (Å²) in [6, 6.07) is -1.18. The van der Waals surface area contributed by atoms with Crippen molar-refractivity contribution in [3.8, 4) is 0 Å². The van der Waals surface area contributed by atoms with E-state index in [9.17, 15) is 29.7 Å². The van der Waals surface area contributed by atoms with Crippen molar-refractivity contribution in [3.63, 3.8) is 0 Å². The number of ether oxygens (including phenoxy) is 1. The number of methoxy groups -OCH3 is 1. The van der Waals surface area contributed by atoms with E-state index >= 15 is 0 Å². The van der Waals surface area contributed by atoms with Crippen LogP contribution < -0.4 is 10.6 Å². The topological polar surface area (TPSA) is 145 Å². The molecule has 5 N–H and O–H groups in total. The predicted molar refractivity (Wildman–Crippen MR) is 148 cm³/mol. The van der Waals surface area contributed by atoms with Crippen molar-refractivity contribution in [3.05, 3.63) is 35.6 Å². The summed E-state index contributed by atoms with van der Waals surface area (Å²) in [6.45, 7) is 4.42. The Hall–Kier alpha value is -2.20. The lowest BCUT2D eigenvalue weighted by Crippen LogP contribution is -2.51. The van der Waals surface area contributed by atoms with Gasteiger partial charge in [0.15, 0.2) is 5.78 Å². The van der Waals surface area contributed by atoms with Crippen LogP contribution in [-0.4, -0.2) is 76.3 Å². The van der Waals surface area contributed by atoms with Gasteiger partial charge in [-0.05, 0) is 92.1 Å². The summed E-state index contributed by atoms with van der Waals surface area (Å²) in [7, 11) is 1.71. The molecular formula is C30H41ClN2O7. The molecule has 2 amide bonds. The first-order valence-corrected chi connectivity index (χ1v) is 14.9. The number of ketones is 1. The van der Waals surface area contributed by atoms with Gasteiger partial charge < -0.3 is 30.7 Å². The van der Waals surface area contributed by atoms with Gasteiger partial charge in [-0.2, -0.15) is 0 Å². The monoisotopic (exact) mass is 576 g/mol. The fourth-order valence-electron chi connectivity index (χ4n) is 8.72. The van der Waals surface area contributed by atoms with Gasteiger partial charge in [-0.3, -0.25) is 14.4 Å². The Labute approximate surface area is 240 Å². The van der Waals surface area contributed by atoms with Crippen LogP contribution in [0.3, 0.4) is 0 Å². The van der Waals surface area contributed by atoms with Crippen molar-refractivity contribution in [2.24, 2.45) is 47.3 Å². The quantitative estimate of drug-likeness (QED) is 0.250. The molecule has 2 bridgehead atoms. The Morgan fingerprint density at radius 3 is 2.52 bits per heavy atom. The van der Waals surface area contributed by atoms with Gasteiger partial charge >= 0.3 is 0 Å². The highest BCUT2D eigenvalue weighted by molar-refractivity contribution is 6.27. The molecule has 4 fully saturated rings. The van der Waals surface area contributed by atoms with Crippen LogP contribution in [0.5, 0.6) is 0 Å². The van der Waals surface area contributed by atoms with E-state index in [1.165, 1.54) is 12.2 Å². The largest absolute Gasteiger partial charge is 0.507 e. The SMILES string of the molecule is COC(C)[C@H]1[C@@H]2[C@H](Cl)[C@H](O)C3C(C[C@H]4/C=C/C(O)=C5C(=O)N[C@H](C5=O)[C@@H](O)CCNC(=O)/C=C\C[C@H]34)[C@H]2C[C@H]1C. The van der Waals surface area contributed by atoms with Crippen molar-refractivity contribution >= 4 is 29.2 Å². The molecule has 0 aromatic rings. The van der Waals surface area contributed by atoms with E-state index in [-0.39, 0.29) is 66.1 Å². The highest BCUT2D eigenvalue weighted by Crippen LogP contribution is 2.62. The number of carbonyl (C=O) groups is 3. The molecule has 5 aliphatic rings. The number of halogens is 1. The number of aliphatic hydroxyl groups excluding tert-OH is 3. The number of amides is 2. The third-order valence-corrected chi connectivity index (χ3v) is 11.0. The van der Waals surface area contributed by atoms with Gasteiger partial charge in [-0.1, -0.05) is 19.1 Å². The molecule has 5 rings (SSSR count). The molecule has 3 unspecified atom stereocenters.